The number of aryl methyl sites for hydroxylation is 1. The van der Waals surface area contributed by atoms with Crippen LogP contribution in [0.2, 0.25) is 0 Å². The van der Waals surface area contributed by atoms with Gasteiger partial charge in [-0.15, -0.1) is 0 Å². The van der Waals surface area contributed by atoms with Crippen LogP contribution in [0.4, 0.5) is 5.13 Å². The molecule has 0 radical (unpaired) electrons. The van der Waals surface area contributed by atoms with Gasteiger partial charge in [-0.05, 0) is 55.3 Å². The van der Waals surface area contributed by atoms with E-state index in [0.29, 0.717) is 17.9 Å². The van der Waals surface area contributed by atoms with Crippen molar-refractivity contribution >= 4 is 42.4 Å². The molecule has 13 heteroatoms. The number of nitrogens with two attached hydrogens (primary N) is 1. The molecule has 176 valence electrons. The zero-order valence-corrected chi connectivity index (χ0v) is 20.2. The summed E-state index contributed by atoms with van der Waals surface area (Å²) in [6.07, 6.45) is 0.464. The number of carbonyl (C=O) groups excluding carboxylic acids is 1. The molecule has 0 aliphatic rings. The van der Waals surface area contributed by atoms with Gasteiger partial charge in [-0.1, -0.05) is 23.5 Å². The van der Waals surface area contributed by atoms with Crippen molar-refractivity contribution in [2.45, 2.75) is 23.1 Å². The number of nitrogens with one attached hydrogen (secondary N) is 2. The smallest absolute Gasteiger partial charge is 0.263 e. The van der Waals surface area contributed by atoms with Crippen molar-refractivity contribution in [1.29, 1.82) is 0 Å². The van der Waals surface area contributed by atoms with Crippen LogP contribution in [0.5, 0.6) is 5.75 Å². The van der Waals surface area contributed by atoms with Gasteiger partial charge < -0.3 is 10.1 Å². The number of hydrogen-bond donors (Lipinski definition) is 3. The fourth-order valence-corrected chi connectivity index (χ4v) is 5.46. The van der Waals surface area contributed by atoms with Crippen molar-refractivity contribution in [2.24, 2.45) is 5.14 Å². The molecule has 3 aromatic rings. The van der Waals surface area contributed by atoms with Gasteiger partial charge in [0.05, 0.1) is 22.6 Å². The summed E-state index contributed by atoms with van der Waals surface area (Å²) in [5.41, 5.74) is 1.21. The van der Waals surface area contributed by atoms with Gasteiger partial charge in [0.25, 0.3) is 15.9 Å². The number of primary sulfonamides is 1. The molecule has 0 aliphatic carbocycles. The third-order valence-electron chi connectivity index (χ3n) is 4.55. The number of anilines is 1. The lowest BCUT2D eigenvalue weighted by molar-refractivity contribution is 0.0957. The quantitative estimate of drug-likeness (QED) is 0.396. The van der Waals surface area contributed by atoms with Gasteiger partial charge in [0.1, 0.15) is 10.6 Å². The molecule has 0 aliphatic heterocycles. The molecule has 0 saturated carbocycles. The fraction of sp³-hybridized carbons (Fsp3) is 0.200. The van der Waals surface area contributed by atoms with E-state index in [1.807, 2.05) is 0 Å². The zero-order valence-electron chi connectivity index (χ0n) is 17.7. The minimum atomic E-state index is -3.88. The average molecular weight is 511 g/mol. The van der Waals surface area contributed by atoms with Crippen molar-refractivity contribution in [3.63, 3.8) is 0 Å². The molecule has 0 unspecified atom stereocenters. The average Bonchev–Trinajstić information content (AvgIpc) is 3.12. The third-order valence-corrected chi connectivity index (χ3v) is 8.03. The standard InChI is InChI=1S/C20H22N4O6S3/c1-13-18(19(25)22-12-11-14-3-7-16(8-4-14)32(21,26)27)31-20(23-13)24-33(28,29)17-9-5-15(30-2)6-10-17/h3-10H,11-12H2,1-2H3,(H,22,25)(H,23,24)(H2,21,26,27). The summed E-state index contributed by atoms with van der Waals surface area (Å²) in [6.45, 7) is 1.90. The van der Waals surface area contributed by atoms with Crippen LogP contribution >= 0.6 is 11.3 Å². The third kappa shape index (κ3) is 6.28. The van der Waals surface area contributed by atoms with E-state index in [0.717, 1.165) is 16.9 Å². The number of amides is 1. The lowest BCUT2D eigenvalue weighted by Gasteiger charge is -2.06. The number of nitrogens with zero attached hydrogens (tertiary/aromatic N) is 1. The van der Waals surface area contributed by atoms with E-state index in [9.17, 15) is 21.6 Å². The van der Waals surface area contributed by atoms with Crippen LogP contribution in [0.15, 0.2) is 58.3 Å². The summed E-state index contributed by atoms with van der Waals surface area (Å²) in [5.74, 6) is 0.138. The number of hydrogen-bond acceptors (Lipinski definition) is 8. The van der Waals surface area contributed by atoms with E-state index >= 15 is 0 Å². The normalized spacial score (nSPS) is 11.7. The molecule has 0 fully saturated rings. The fourth-order valence-electron chi connectivity index (χ4n) is 2.83. The lowest BCUT2D eigenvalue weighted by Crippen LogP contribution is -2.25. The van der Waals surface area contributed by atoms with Crippen molar-refractivity contribution in [3.8, 4) is 5.75 Å². The van der Waals surface area contributed by atoms with Gasteiger partial charge >= 0.3 is 0 Å². The van der Waals surface area contributed by atoms with Gasteiger partial charge in [-0.25, -0.2) is 27.0 Å². The second-order valence-corrected chi connectivity index (χ2v) is 11.2. The van der Waals surface area contributed by atoms with Crippen molar-refractivity contribution in [2.75, 3.05) is 18.4 Å². The number of aromatic nitrogens is 1. The number of thiazole rings is 1. The van der Waals surface area contributed by atoms with Crippen LogP contribution in [0, 0.1) is 6.92 Å². The zero-order chi connectivity index (χ0) is 24.2. The number of ether oxygens (including phenoxy) is 1. The molecule has 0 spiro atoms. The first-order chi connectivity index (χ1) is 15.5. The minimum Gasteiger partial charge on any atom is -0.497 e. The Morgan fingerprint density at radius 3 is 2.21 bits per heavy atom. The molecule has 33 heavy (non-hydrogen) atoms. The summed E-state index contributed by atoms with van der Waals surface area (Å²) in [5, 5.41) is 7.90. The molecule has 10 nitrogen and oxygen atoms in total. The Morgan fingerprint density at radius 2 is 1.64 bits per heavy atom. The van der Waals surface area contributed by atoms with E-state index in [1.54, 1.807) is 19.1 Å². The van der Waals surface area contributed by atoms with E-state index in [1.165, 1.54) is 43.5 Å². The second kappa shape index (κ2) is 9.87. The molecular formula is C20H22N4O6S3. The molecule has 0 atom stereocenters. The van der Waals surface area contributed by atoms with Gasteiger partial charge in [0, 0.05) is 6.54 Å². The summed E-state index contributed by atoms with van der Waals surface area (Å²) in [6, 6.07) is 11.9. The summed E-state index contributed by atoms with van der Waals surface area (Å²) < 4.78 is 55.2. The Balaban J connectivity index is 1.61. The van der Waals surface area contributed by atoms with Crippen LogP contribution in [0.1, 0.15) is 20.9 Å². The van der Waals surface area contributed by atoms with E-state index in [2.05, 4.69) is 15.0 Å². The number of methoxy groups -OCH3 is 1. The molecule has 0 bridgehead atoms. The summed E-state index contributed by atoms with van der Waals surface area (Å²) in [7, 11) is -6.15. The van der Waals surface area contributed by atoms with Crippen LogP contribution in [0.25, 0.3) is 0 Å². The Hall–Kier alpha value is -3.00. The number of rotatable bonds is 9. The van der Waals surface area contributed by atoms with Gasteiger partial charge in [-0.2, -0.15) is 0 Å². The highest BCUT2D eigenvalue weighted by atomic mass is 32.2. The van der Waals surface area contributed by atoms with Crippen molar-refractivity contribution in [3.05, 3.63) is 64.7 Å². The predicted molar refractivity (Wildman–Crippen MR) is 125 cm³/mol. The SMILES string of the molecule is COc1ccc(S(=O)(=O)Nc2nc(C)c(C(=O)NCCc3ccc(S(N)(=O)=O)cc3)s2)cc1. The maximum absolute atomic E-state index is 12.6. The molecule has 0 saturated heterocycles. The lowest BCUT2D eigenvalue weighted by atomic mass is 10.1. The molecule has 1 aromatic heterocycles. The molecule has 4 N–H and O–H groups in total. The second-order valence-electron chi connectivity index (χ2n) is 6.91. The molecule has 1 amide bonds. The van der Waals surface area contributed by atoms with Crippen LogP contribution in [-0.2, 0) is 26.5 Å². The van der Waals surface area contributed by atoms with Crippen molar-refractivity contribution in [1.82, 2.24) is 10.3 Å². The first-order valence-corrected chi connectivity index (χ1v) is 13.4. The molecular weight excluding hydrogens is 488 g/mol. The summed E-state index contributed by atoms with van der Waals surface area (Å²) in [4.78, 5) is 17.0. The number of sulfonamides is 2. The van der Waals surface area contributed by atoms with E-state index in [-0.39, 0.29) is 32.3 Å². The summed E-state index contributed by atoms with van der Waals surface area (Å²) >= 11 is 0.929. The van der Waals surface area contributed by atoms with Crippen molar-refractivity contribution < 1.29 is 26.4 Å². The van der Waals surface area contributed by atoms with Gasteiger partial charge in [-0.3, -0.25) is 9.52 Å². The topological polar surface area (TPSA) is 158 Å². The van der Waals surface area contributed by atoms with E-state index < -0.39 is 20.0 Å². The highest BCUT2D eigenvalue weighted by Crippen LogP contribution is 2.25. The molecule has 1 heterocycles. The minimum absolute atomic E-state index is 0.0141. The largest absolute Gasteiger partial charge is 0.497 e. The highest BCUT2D eigenvalue weighted by Gasteiger charge is 2.20. The Labute approximate surface area is 195 Å². The molecule has 2 aromatic carbocycles. The Morgan fingerprint density at radius 1 is 1.03 bits per heavy atom. The maximum atomic E-state index is 12.6. The molecule has 3 rings (SSSR count). The predicted octanol–water partition coefficient (Wildman–Crippen LogP) is 1.88. The first-order valence-electron chi connectivity index (χ1n) is 9.54. The van der Waals surface area contributed by atoms with Gasteiger partial charge in [0.2, 0.25) is 10.0 Å². The first kappa shape index (κ1) is 24.6. The number of carbonyl (C=O) groups is 1. The van der Waals surface area contributed by atoms with Crippen LogP contribution in [-0.4, -0.2) is 41.4 Å². The van der Waals surface area contributed by atoms with Crippen LogP contribution < -0.4 is 19.9 Å². The van der Waals surface area contributed by atoms with Gasteiger partial charge in [0.15, 0.2) is 5.13 Å². The Bertz CT molecular complexity index is 1350. The maximum Gasteiger partial charge on any atom is 0.263 e. The Kier molecular flexibility index (Phi) is 7.37. The monoisotopic (exact) mass is 510 g/mol. The number of benzene rings is 2. The highest BCUT2D eigenvalue weighted by molar-refractivity contribution is 7.93. The van der Waals surface area contributed by atoms with Crippen LogP contribution in [0.3, 0.4) is 0 Å². The van der Waals surface area contributed by atoms with E-state index in [4.69, 9.17) is 9.88 Å².